The van der Waals surface area contributed by atoms with Crippen LogP contribution in [-0.2, 0) is 9.47 Å². The number of ether oxygens (including phenoxy) is 2. The normalized spacial score (nSPS) is 11.8. The predicted molar refractivity (Wildman–Crippen MR) is 49.6 cm³/mol. The number of terminal acetylenes is 1. The fourth-order valence-corrected chi connectivity index (χ4v) is 0.813. The Labute approximate surface area is 74.6 Å². The molecule has 68 valence electrons. The zero-order valence-electron chi connectivity index (χ0n) is 7.96. The van der Waals surface area contributed by atoms with Gasteiger partial charge < -0.3 is 9.47 Å². The fourth-order valence-electron chi connectivity index (χ4n) is 0.813. The summed E-state index contributed by atoms with van der Waals surface area (Å²) >= 11 is 0. The standard InChI is InChI=1S/C10H16O2/c1-5-8-9(4)10(11-6-2)12-7-3/h1,8,10H,6-7H2,2-4H3. The molecule has 0 rings (SSSR count). The van der Waals surface area contributed by atoms with E-state index in [-0.39, 0.29) is 6.29 Å². The van der Waals surface area contributed by atoms with Crippen LogP contribution in [0.3, 0.4) is 0 Å². The molecule has 0 N–H and O–H groups in total. The highest BCUT2D eigenvalue weighted by atomic mass is 16.7. The van der Waals surface area contributed by atoms with Crippen molar-refractivity contribution in [1.82, 2.24) is 0 Å². The molecule has 2 heteroatoms. The molecule has 0 heterocycles. The van der Waals surface area contributed by atoms with E-state index in [1.807, 2.05) is 20.8 Å². The fraction of sp³-hybridized carbons (Fsp3) is 0.600. The highest BCUT2D eigenvalue weighted by molar-refractivity contribution is 5.17. The summed E-state index contributed by atoms with van der Waals surface area (Å²) in [6.45, 7) is 7.00. The minimum atomic E-state index is -0.281. The van der Waals surface area contributed by atoms with Gasteiger partial charge in [-0.3, -0.25) is 0 Å². The smallest absolute Gasteiger partial charge is 0.180 e. The van der Waals surface area contributed by atoms with Crippen LogP contribution in [0.15, 0.2) is 11.6 Å². The summed E-state index contributed by atoms with van der Waals surface area (Å²) in [5.41, 5.74) is 0.932. The molecule has 0 spiro atoms. The molecule has 2 nitrogen and oxygen atoms in total. The molecule has 0 aliphatic rings. The molecule has 0 aromatic carbocycles. The van der Waals surface area contributed by atoms with E-state index in [4.69, 9.17) is 15.9 Å². The first-order valence-corrected chi connectivity index (χ1v) is 4.12. The molecule has 0 aliphatic carbocycles. The molecule has 0 radical (unpaired) electrons. The molecule has 0 fully saturated rings. The molecule has 0 unspecified atom stereocenters. The number of hydrogen-bond acceptors (Lipinski definition) is 2. The van der Waals surface area contributed by atoms with Crippen LogP contribution in [0.1, 0.15) is 20.8 Å². The quantitative estimate of drug-likeness (QED) is 0.461. The second-order valence-corrected chi connectivity index (χ2v) is 2.30. The van der Waals surface area contributed by atoms with Gasteiger partial charge in [-0.05, 0) is 32.4 Å². The van der Waals surface area contributed by atoms with Crippen LogP contribution in [0.25, 0.3) is 0 Å². The molecule has 0 bridgehead atoms. The van der Waals surface area contributed by atoms with Crippen LogP contribution in [0, 0.1) is 12.3 Å². The van der Waals surface area contributed by atoms with E-state index >= 15 is 0 Å². The SMILES string of the molecule is C#CC=C(C)C(OCC)OCC. The molecule has 0 amide bonds. The van der Waals surface area contributed by atoms with Crippen molar-refractivity contribution in [3.63, 3.8) is 0 Å². The summed E-state index contributed by atoms with van der Waals surface area (Å²) in [6.07, 6.45) is 6.50. The van der Waals surface area contributed by atoms with E-state index in [9.17, 15) is 0 Å². The number of allylic oxidation sites excluding steroid dienone is 1. The first kappa shape index (κ1) is 11.2. The Balaban J connectivity index is 4.10. The maximum absolute atomic E-state index is 5.31. The third-order valence-corrected chi connectivity index (χ3v) is 1.32. The van der Waals surface area contributed by atoms with E-state index in [2.05, 4.69) is 5.92 Å². The predicted octanol–water partition coefficient (Wildman–Crippen LogP) is 1.97. The van der Waals surface area contributed by atoms with Gasteiger partial charge in [0.2, 0.25) is 0 Å². The van der Waals surface area contributed by atoms with Crippen molar-refractivity contribution in [2.24, 2.45) is 0 Å². The van der Waals surface area contributed by atoms with Gasteiger partial charge in [-0.1, -0.05) is 5.92 Å². The molecule has 0 aliphatic heterocycles. The summed E-state index contributed by atoms with van der Waals surface area (Å²) in [7, 11) is 0. The van der Waals surface area contributed by atoms with Gasteiger partial charge in [0.1, 0.15) is 0 Å². The van der Waals surface area contributed by atoms with Crippen molar-refractivity contribution in [3.8, 4) is 12.3 Å². The summed E-state index contributed by atoms with van der Waals surface area (Å²) in [5, 5.41) is 0. The van der Waals surface area contributed by atoms with E-state index in [0.29, 0.717) is 13.2 Å². The Morgan fingerprint density at radius 3 is 2.25 bits per heavy atom. The third kappa shape index (κ3) is 4.17. The van der Waals surface area contributed by atoms with Gasteiger partial charge in [0.15, 0.2) is 6.29 Å². The second kappa shape index (κ2) is 6.90. The van der Waals surface area contributed by atoms with E-state index in [1.165, 1.54) is 0 Å². The van der Waals surface area contributed by atoms with Crippen molar-refractivity contribution >= 4 is 0 Å². The van der Waals surface area contributed by atoms with Gasteiger partial charge in [-0.2, -0.15) is 0 Å². The molecule has 0 saturated carbocycles. The molecular weight excluding hydrogens is 152 g/mol. The van der Waals surface area contributed by atoms with E-state index in [1.54, 1.807) is 6.08 Å². The average molecular weight is 168 g/mol. The summed E-state index contributed by atoms with van der Waals surface area (Å²) in [6, 6.07) is 0. The zero-order chi connectivity index (χ0) is 9.40. The van der Waals surface area contributed by atoms with Gasteiger partial charge in [-0.15, -0.1) is 6.42 Å². The average Bonchev–Trinajstić information content (AvgIpc) is 2.04. The summed E-state index contributed by atoms with van der Waals surface area (Å²) in [4.78, 5) is 0. The van der Waals surface area contributed by atoms with Crippen LogP contribution in [0.5, 0.6) is 0 Å². The van der Waals surface area contributed by atoms with Crippen molar-refractivity contribution in [2.75, 3.05) is 13.2 Å². The topological polar surface area (TPSA) is 18.5 Å². The van der Waals surface area contributed by atoms with Crippen LogP contribution in [0.2, 0.25) is 0 Å². The third-order valence-electron chi connectivity index (χ3n) is 1.32. The Morgan fingerprint density at radius 1 is 1.42 bits per heavy atom. The number of rotatable bonds is 5. The second-order valence-electron chi connectivity index (χ2n) is 2.30. The minimum absolute atomic E-state index is 0.281. The molecule has 0 aromatic rings. The lowest BCUT2D eigenvalue weighted by Gasteiger charge is -2.16. The van der Waals surface area contributed by atoms with Crippen molar-refractivity contribution in [1.29, 1.82) is 0 Å². The van der Waals surface area contributed by atoms with Gasteiger partial charge in [-0.25, -0.2) is 0 Å². The van der Waals surface area contributed by atoms with Gasteiger partial charge in [0.05, 0.1) is 0 Å². The van der Waals surface area contributed by atoms with Crippen molar-refractivity contribution < 1.29 is 9.47 Å². The lowest BCUT2D eigenvalue weighted by Crippen LogP contribution is -2.18. The molecular formula is C10H16O2. The zero-order valence-corrected chi connectivity index (χ0v) is 7.96. The monoisotopic (exact) mass is 168 g/mol. The lowest BCUT2D eigenvalue weighted by atomic mass is 10.3. The minimum Gasteiger partial charge on any atom is -0.349 e. The maximum atomic E-state index is 5.31. The first-order chi connectivity index (χ1) is 5.76. The van der Waals surface area contributed by atoms with Crippen LogP contribution < -0.4 is 0 Å². The maximum Gasteiger partial charge on any atom is 0.180 e. The summed E-state index contributed by atoms with van der Waals surface area (Å²) < 4.78 is 10.6. The van der Waals surface area contributed by atoms with Gasteiger partial charge >= 0.3 is 0 Å². The van der Waals surface area contributed by atoms with Gasteiger partial charge in [0, 0.05) is 13.2 Å². The molecule has 0 aromatic heterocycles. The van der Waals surface area contributed by atoms with E-state index in [0.717, 1.165) is 5.57 Å². The molecule has 12 heavy (non-hydrogen) atoms. The first-order valence-electron chi connectivity index (χ1n) is 4.12. The van der Waals surface area contributed by atoms with Crippen molar-refractivity contribution in [3.05, 3.63) is 11.6 Å². The lowest BCUT2D eigenvalue weighted by molar-refractivity contribution is -0.111. The Hall–Kier alpha value is -0.780. The summed E-state index contributed by atoms with van der Waals surface area (Å²) in [5.74, 6) is 2.44. The molecule has 0 atom stereocenters. The van der Waals surface area contributed by atoms with E-state index < -0.39 is 0 Å². The van der Waals surface area contributed by atoms with Crippen LogP contribution in [0.4, 0.5) is 0 Å². The van der Waals surface area contributed by atoms with Crippen LogP contribution in [-0.4, -0.2) is 19.5 Å². The Kier molecular flexibility index (Phi) is 6.45. The highest BCUT2D eigenvalue weighted by Crippen LogP contribution is 2.07. The van der Waals surface area contributed by atoms with Crippen molar-refractivity contribution in [2.45, 2.75) is 27.1 Å². The highest BCUT2D eigenvalue weighted by Gasteiger charge is 2.08. The Morgan fingerprint density at radius 2 is 1.92 bits per heavy atom. The largest absolute Gasteiger partial charge is 0.349 e. The van der Waals surface area contributed by atoms with Crippen LogP contribution >= 0.6 is 0 Å². The Bertz CT molecular complexity index is 171. The number of hydrogen-bond donors (Lipinski definition) is 0. The molecule has 0 saturated heterocycles. The van der Waals surface area contributed by atoms with Gasteiger partial charge in [0.25, 0.3) is 0 Å².